The molecule has 0 aliphatic carbocycles. The number of hydrogen-bond donors (Lipinski definition) is 2. The number of rotatable bonds is 6. The normalized spacial score (nSPS) is 12.4. The Kier molecular flexibility index (Phi) is 6.32. The summed E-state index contributed by atoms with van der Waals surface area (Å²) in [7, 11) is -1.32. The maximum absolute atomic E-state index is 12.2. The molecule has 0 saturated carbocycles. The fourth-order valence-corrected chi connectivity index (χ4v) is 3.41. The summed E-state index contributed by atoms with van der Waals surface area (Å²) >= 11 is 0. The van der Waals surface area contributed by atoms with E-state index in [4.69, 9.17) is 5.11 Å². The molecule has 0 heterocycles. The Balaban J connectivity index is 1.88. The van der Waals surface area contributed by atoms with E-state index in [1.807, 2.05) is 24.3 Å². The van der Waals surface area contributed by atoms with Gasteiger partial charge in [0.25, 0.3) is 0 Å². The van der Waals surface area contributed by atoms with Crippen molar-refractivity contribution in [3.8, 4) is 0 Å². The average molecular weight is 373 g/mol. The number of carbonyl (C=O) groups excluding carboxylic acids is 1. The fraction of sp³-hybridized carbons (Fsp3) is 0.300. The SMILES string of the molecule is CC(C)(C)c1ccc(CS(=O)CC(=O)Nc2ccc(C(=O)O)cc2)cc1. The number of amides is 1. The summed E-state index contributed by atoms with van der Waals surface area (Å²) in [6.45, 7) is 6.40. The van der Waals surface area contributed by atoms with E-state index in [9.17, 15) is 13.8 Å². The summed E-state index contributed by atoms with van der Waals surface area (Å²) in [4.78, 5) is 22.8. The topological polar surface area (TPSA) is 83.5 Å². The van der Waals surface area contributed by atoms with Crippen LogP contribution in [0.25, 0.3) is 0 Å². The summed E-state index contributed by atoms with van der Waals surface area (Å²) in [6.07, 6.45) is 0. The van der Waals surface area contributed by atoms with Gasteiger partial charge in [-0.25, -0.2) is 4.79 Å². The highest BCUT2D eigenvalue weighted by molar-refractivity contribution is 7.84. The van der Waals surface area contributed by atoms with Crippen LogP contribution in [0.1, 0.15) is 42.3 Å². The second-order valence-electron chi connectivity index (χ2n) is 7.11. The second-order valence-corrected chi connectivity index (χ2v) is 8.56. The minimum Gasteiger partial charge on any atom is -0.478 e. The standard InChI is InChI=1S/C20H23NO4S/c1-20(2,3)16-8-4-14(5-9-16)12-26(25)13-18(22)21-17-10-6-15(7-11-17)19(23)24/h4-11H,12-13H2,1-3H3,(H,21,22)(H,23,24). The molecule has 2 rings (SSSR count). The number of hydrogen-bond acceptors (Lipinski definition) is 3. The van der Waals surface area contributed by atoms with Crippen LogP contribution in [0.5, 0.6) is 0 Å². The highest BCUT2D eigenvalue weighted by Gasteiger charge is 2.14. The third-order valence-corrected chi connectivity index (χ3v) is 5.09. The van der Waals surface area contributed by atoms with E-state index in [1.165, 1.54) is 29.8 Å². The Hall–Kier alpha value is -2.47. The van der Waals surface area contributed by atoms with Gasteiger partial charge in [0.05, 0.1) is 5.56 Å². The first-order valence-corrected chi connectivity index (χ1v) is 9.71. The number of aromatic carboxylic acids is 1. The van der Waals surface area contributed by atoms with Crippen molar-refractivity contribution in [2.45, 2.75) is 31.9 Å². The maximum atomic E-state index is 12.2. The molecule has 5 nitrogen and oxygen atoms in total. The molecule has 0 aliphatic heterocycles. The van der Waals surface area contributed by atoms with Crippen molar-refractivity contribution in [1.82, 2.24) is 0 Å². The van der Waals surface area contributed by atoms with Crippen molar-refractivity contribution in [3.63, 3.8) is 0 Å². The zero-order valence-electron chi connectivity index (χ0n) is 15.1. The molecule has 0 bridgehead atoms. The van der Waals surface area contributed by atoms with Gasteiger partial charge in [-0.2, -0.15) is 0 Å². The van der Waals surface area contributed by atoms with Crippen LogP contribution in [-0.2, 0) is 26.8 Å². The van der Waals surface area contributed by atoms with Crippen molar-refractivity contribution < 1.29 is 18.9 Å². The maximum Gasteiger partial charge on any atom is 0.335 e. The molecule has 0 aromatic heterocycles. The van der Waals surface area contributed by atoms with Crippen LogP contribution < -0.4 is 5.32 Å². The first-order chi connectivity index (χ1) is 12.1. The Morgan fingerprint density at radius 1 is 1.00 bits per heavy atom. The van der Waals surface area contributed by atoms with Crippen LogP contribution in [-0.4, -0.2) is 26.9 Å². The lowest BCUT2D eigenvalue weighted by Gasteiger charge is -2.19. The van der Waals surface area contributed by atoms with Crippen LogP contribution in [0.2, 0.25) is 0 Å². The van der Waals surface area contributed by atoms with Gasteiger partial charge in [-0.1, -0.05) is 45.0 Å². The zero-order chi connectivity index (χ0) is 19.3. The van der Waals surface area contributed by atoms with E-state index in [0.717, 1.165) is 5.56 Å². The smallest absolute Gasteiger partial charge is 0.335 e. The highest BCUT2D eigenvalue weighted by atomic mass is 32.2. The molecule has 0 aliphatic rings. The molecule has 0 radical (unpaired) electrons. The molecule has 1 amide bonds. The lowest BCUT2D eigenvalue weighted by Crippen LogP contribution is -2.20. The van der Waals surface area contributed by atoms with E-state index in [1.54, 1.807) is 0 Å². The Labute approximate surface area is 155 Å². The molecule has 1 unspecified atom stereocenters. The molecule has 0 saturated heterocycles. The minimum atomic E-state index is -1.32. The molecule has 26 heavy (non-hydrogen) atoms. The Morgan fingerprint density at radius 2 is 1.58 bits per heavy atom. The third-order valence-electron chi connectivity index (χ3n) is 3.86. The predicted octanol–water partition coefficient (Wildman–Crippen LogP) is 3.57. The summed E-state index contributed by atoms with van der Waals surface area (Å²) in [5, 5.41) is 11.5. The molecule has 0 fully saturated rings. The largest absolute Gasteiger partial charge is 0.478 e. The third kappa shape index (κ3) is 5.81. The number of benzene rings is 2. The predicted molar refractivity (Wildman–Crippen MR) is 104 cm³/mol. The van der Waals surface area contributed by atoms with E-state index in [2.05, 4.69) is 26.1 Å². The van der Waals surface area contributed by atoms with Crippen LogP contribution in [0.4, 0.5) is 5.69 Å². The molecule has 138 valence electrons. The first-order valence-electron chi connectivity index (χ1n) is 8.23. The van der Waals surface area contributed by atoms with Crippen molar-refractivity contribution in [2.24, 2.45) is 0 Å². The lowest BCUT2D eigenvalue weighted by molar-refractivity contribution is -0.113. The molecule has 6 heteroatoms. The zero-order valence-corrected chi connectivity index (χ0v) is 15.9. The Bertz CT molecular complexity index is 805. The summed E-state index contributed by atoms with van der Waals surface area (Å²) in [5.41, 5.74) is 2.81. The quantitative estimate of drug-likeness (QED) is 0.811. The number of anilines is 1. The van der Waals surface area contributed by atoms with Gasteiger partial charge in [0.15, 0.2) is 0 Å². The molecule has 1 atom stereocenters. The summed E-state index contributed by atoms with van der Waals surface area (Å²) < 4.78 is 12.2. The highest BCUT2D eigenvalue weighted by Crippen LogP contribution is 2.22. The molecule has 2 aromatic rings. The molecule has 2 N–H and O–H groups in total. The minimum absolute atomic E-state index is 0.0632. The first kappa shape index (κ1) is 19.8. The van der Waals surface area contributed by atoms with Gasteiger partial charge in [-0.05, 0) is 40.8 Å². The lowest BCUT2D eigenvalue weighted by atomic mass is 9.87. The van der Waals surface area contributed by atoms with Crippen molar-refractivity contribution in [3.05, 3.63) is 65.2 Å². The number of carboxylic acids is 1. The molecule has 2 aromatic carbocycles. The van der Waals surface area contributed by atoms with Crippen molar-refractivity contribution in [1.29, 1.82) is 0 Å². The molecular weight excluding hydrogens is 350 g/mol. The van der Waals surface area contributed by atoms with E-state index < -0.39 is 16.8 Å². The van der Waals surface area contributed by atoms with E-state index in [-0.39, 0.29) is 22.6 Å². The van der Waals surface area contributed by atoms with Crippen LogP contribution in [0.3, 0.4) is 0 Å². The number of carboxylic acid groups (broad SMARTS) is 1. The van der Waals surface area contributed by atoms with Crippen molar-refractivity contribution >= 4 is 28.4 Å². The van der Waals surface area contributed by atoms with Gasteiger partial charge in [0.2, 0.25) is 5.91 Å². The average Bonchev–Trinajstić information content (AvgIpc) is 2.54. The number of carbonyl (C=O) groups is 2. The van der Waals surface area contributed by atoms with Gasteiger partial charge >= 0.3 is 5.97 Å². The summed E-state index contributed by atoms with van der Waals surface area (Å²) in [5.74, 6) is -1.18. The number of nitrogens with one attached hydrogen (secondary N) is 1. The van der Waals surface area contributed by atoms with Crippen molar-refractivity contribution in [2.75, 3.05) is 11.1 Å². The summed E-state index contributed by atoms with van der Waals surface area (Å²) in [6, 6.07) is 13.8. The van der Waals surface area contributed by atoms with Gasteiger partial charge in [-0.3, -0.25) is 9.00 Å². The van der Waals surface area contributed by atoms with Gasteiger partial charge < -0.3 is 10.4 Å². The van der Waals surface area contributed by atoms with Gasteiger partial charge in [0.1, 0.15) is 5.75 Å². The van der Waals surface area contributed by atoms with Crippen LogP contribution >= 0.6 is 0 Å². The van der Waals surface area contributed by atoms with Gasteiger partial charge in [0, 0.05) is 22.2 Å². The second kappa shape index (κ2) is 8.27. The monoisotopic (exact) mass is 373 g/mol. The van der Waals surface area contributed by atoms with Crippen LogP contribution in [0.15, 0.2) is 48.5 Å². The molecule has 0 spiro atoms. The van der Waals surface area contributed by atoms with E-state index in [0.29, 0.717) is 11.4 Å². The van der Waals surface area contributed by atoms with Crippen LogP contribution in [0, 0.1) is 0 Å². The van der Waals surface area contributed by atoms with E-state index >= 15 is 0 Å². The van der Waals surface area contributed by atoms with Gasteiger partial charge in [-0.15, -0.1) is 0 Å². The fourth-order valence-electron chi connectivity index (χ4n) is 2.38. The Morgan fingerprint density at radius 3 is 2.08 bits per heavy atom. The molecular formula is C20H23NO4S.